The third kappa shape index (κ3) is 5.15. The first-order valence-electron chi connectivity index (χ1n) is 7.43. The van der Waals surface area contributed by atoms with Gasteiger partial charge in [0.05, 0.1) is 11.1 Å². The minimum atomic E-state index is -0.200. The molecule has 0 aliphatic carbocycles. The standard InChI is InChI=1S/C18H19Cl2NO2/c1-3-16(13-6-4-12(2)5-7-13)21-18(22)11-23-17-10-14(19)8-9-15(17)20/h4-10,16H,3,11H2,1-2H3,(H,21,22). The fourth-order valence-corrected chi connectivity index (χ4v) is 2.52. The average Bonchev–Trinajstić information content (AvgIpc) is 2.54. The molecule has 122 valence electrons. The number of aryl methyl sites for hydroxylation is 1. The molecule has 5 heteroatoms. The van der Waals surface area contributed by atoms with E-state index in [1.807, 2.05) is 38.1 Å². The van der Waals surface area contributed by atoms with E-state index in [4.69, 9.17) is 27.9 Å². The summed E-state index contributed by atoms with van der Waals surface area (Å²) < 4.78 is 5.45. The van der Waals surface area contributed by atoms with Gasteiger partial charge in [-0.1, -0.05) is 60.0 Å². The highest BCUT2D eigenvalue weighted by Crippen LogP contribution is 2.27. The molecule has 23 heavy (non-hydrogen) atoms. The highest BCUT2D eigenvalue weighted by Gasteiger charge is 2.13. The van der Waals surface area contributed by atoms with Crippen LogP contribution in [-0.2, 0) is 4.79 Å². The van der Waals surface area contributed by atoms with Gasteiger partial charge in [0.15, 0.2) is 6.61 Å². The van der Waals surface area contributed by atoms with Gasteiger partial charge in [-0.3, -0.25) is 4.79 Å². The van der Waals surface area contributed by atoms with Gasteiger partial charge in [0.1, 0.15) is 5.75 Å². The zero-order valence-corrected chi connectivity index (χ0v) is 14.6. The average molecular weight is 352 g/mol. The first-order chi connectivity index (χ1) is 11.0. The van der Waals surface area contributed by atoms with Crippen molar-refractivity contribution in [2.75, 3.05) is 6.61 Å². The van der Waals surface area contributed by atoms with Crippen molar-refractivity contribution in [3.05, 3.63) is 63.6 Å². The van der Waals surface area contributed by atoms with E-state index in [-0.39, 0.29) is 18.6 Å². The molecule has 0 spiro atoms. The summed E-state index contributed by atoms with van der Waals surface area (Å²) in [4.78, 5) is 12.1. The second-order valence-electron chi connectivity index (χ2n) is 5.30. The molecule has 2 aromatic carbocycles. The number of benzene rings is 2. The highest BCUT2D eigenvalue weighted by molar-refractivity contribution is 6.34. The lowest BCUT2D eigenvalue weighted by Crippen LogP contribution is -2.32. The first-order valence-corrected chi connectivity index (χ1v) is 8.19. The molecule has 0 fully saturated rings. The maximum Gasteiger partial charge on any atom is 0.258 e. The van der Waals surface area contributed by atoms with Gasteiger partial charge in [-0.15, -0.1) is 0 Å². The normalized spacial score (nSPS) is 11.8. The zero-order valence-electron chi connectivity index (χ0n) is 13.1. The van der Waals surface area contributed by atoms with Crippen LogP contribution >= 0.6 is 23.2 Å². The number of ether oxygens (including phenoxy) is 1. The van der Waals surface area contributed by atoms with Gasteiger partial charge in [0, 0.05) is 11.1 Å². The number of carbonyl (C=O) groups is 1. The van der Waals surface area contributed by atoms with Crippen molar-refractivity contribution in [1.82, 2.24) is 5.32 Å². The lowest BCUT2D eigenvalue weighted by Gasteiger charge is -2.18. The van der Waals surface area contributed by atoms with E-state index in [0.717, 1.165) is 12.0 Å². The Balaban J connectivity index is 1.95. The fourth-order valence-electron chi connectivity index (χ4n) is 2.19. The van der Waals surface area contributed by atoms with E-state index < -0.39 is 0 Å². The Morgan fingerprint density at radius 1 is 1.17 bits per heavy atom. The van der Waals surface area contributed by atoms with Gasteiger partial charge >= 0.3 is 0 Å². The summed E-state index contributed by atoms with van der Waals surface area (Å²) >= 11 is 11.9. The topological polar surface area (TPSA) is 38.3 Å². The number of amides is 1. The summed E-state index contributed by atoms with van der Waals surface area (Å²) in [5, 5.41) is 3.90. The van der Waals surface area contributed by atoms with Crippen LogP contribution in [0.3, 0.4) is 0 Å². The van der Waals surface area contributed by atoms with Crippen LogP contribution in [0.4, 0.5) is 0 Å². The predicted molar refractivity (Wildman–Crippen MR) is 94.3 cm³/mol. The summed E-state index contributed by atoms with van der Waals surface area (Å²) in [7, 11) is 0. The molecule has 0 saturated carbocycles. The fraction of sp³-hybridized carbons (Fsp3) is 0.278. The molecule has 2 aromatic rings. The molecule has 1 atom stereocenters. The van der Waals surface area contributed by atoms with Crippen LogP contribution in [0.25, 0.3) is 0 Å². The Kier molecular flexibility index (Phi) is 6.31. The summed E-state index contributed by atoms with van der Waals surface area (Å²) in [6.45, 7) is 3.95. The number of halogens is 2. The summed E-state index contributed by atoms with van der Waals surface area (Å²) in [5.41, 5.74) is 2.26. The van der Waals surface area contributed by atoms with Crippen LogP contribution < -0.4 is 10.1 Å². The molecular weight excluding hydrogens is 333 g/mol. The molecular formula is C18H19Cl2NO2. The SMILES string of the molecule is CCC(NC(=O)COc1cc(Cl)ccc1Cl)c1ccc(C)cc1. The number of hydrogen-bond donors (Lipinski definition) is 1. The van der Waals surface area contributed by atoms with Crippen molar-refractivity contribution in [2.45, 2.75) is 26.3 Å². The molecule has 0 aromatic heterocycles. The van der Waals surface area contributed by atoms with Crippen molar-refractivity contribution in [2.24, 2.45) is 0 Å². The van der Waals surface area contributed by atoms with E-state index in [9.17, 15) is 4.79 Å². The van der Waals surface area contributed by atoms with Gasteiger partial charge in [0.25, 0.3) is 5.91 Å². The molecule has 1 N–H and O–H groups in total. The van der Waals surface area contributed by atoms with Gasteiger partial charge in [-0.25, -0.2) is 0 Å². The molecule has 0 aliphatic rings. The van der Waals surface area contributed by atoms with E-state index >= 15 is 0 Å². The number of rotatable bonds is 6. The van der Waals surface area contributed by atoms with Gasteiger partial charge in [0.2, 0.25) is 0 Å². The monoisotopic (exact) mass is 351 g/mol. The van der Waals surface area contributed by atoms with Crippen molar-refractivity contribution in [3.8, 4) is 5.75 Å². The molecule has 0 heterocycles. The van der Waals surface area contributed by atoms with Crippen molar-refractivity contribution in [1.29, 1.82) is 0 Å². The lowest BCUT2D eigenvalue weighted by atomic mass is 10.0. The summed E-state index contributed by atoms with van der Waals surface area (Å²) in [6.07, 6.45) is 0.798. The highest BCUT2D eigenvalue weighted by atomic mass is 35.5. The third-order valence-corrected chi connectivity index (χ3v) is 4.02. The lowest BCUT2D eigenvalue weighted by molar-refractivity contribution is -0.123. The van der Waals surface area contributed by atoms with Crippen molar-refractivity contribution < 1.29 is 9.53 Å². The maximum absolute atomic E-state index is 12.1. The van der Waals surface area contributed by atoms with Gasteiger partial charge < -0.3 is 10.1 Å². The summed E-state index contributed by atoms with van der Waals surface area (Å²) in [5.74, 6) is 0.200. The molecule has 3 nitrogen and oxygen atoms in total. The van der Waals surface area contributed by atoms with Crippen LogP contribution in [0.5, 0.6) is 5.75 Å². The van der Waals surface area contributed by atoms with Crippen LogP contribution in [-0.4, -0.2) is 12.5 Å². The zero-order chi connectivity index (χ0) is 16.8. The Labute approximate surface area is 146 Å². The van der Waals surface area contributed by atoms with Crippen LogP contribution in [0.1, 0.15) is 30.5 Å². The minimum Gasteiger partial charge on any atom is -0.482 e. The van der Waals surface area contributed by atoms with E-state index in [1.165, 1.54) is 5.56 Å². The predicted octanol–water partition coefficient (Wildman–Crippen LogP) is 4.95. The smallest absolute Gasteiger partial charge is 0.258 e. The van der Waals surface area contributed by atoms with Gasteiger partial charge in [-0.2, -0.15) is 0 Å². The Morgan fingerprint density at radius 3 is 2.52 bits per heavy atom. The molecule has 0 bridgehead atoms. The molecule has 1 unspecified atom stereocenters. The molecule has 1 amide bonds. The molecule has 0 saturated heterocycles. The Hall–Kier alpha value is -1.71. The van der Waals surface area contributed by atoms with E-state index in [1.54, 1.807) is 18.2 Å². The Morgan fingerprint density at radius 2 is 1.87 bits per heavy atom. The largest absolute Gasteiger partial charge is 0.482 e. The minimum absolute atomic E-state index is 0.0402. The molecule has 2 rings (SSSR count). The molecule has 0 radical (unpaired) electrons. The van der Waals surface area contributed by atoms with Crippen LogP contribution in [0, 0.1) is 6.92 Å². The second-order valence-corrected chi connectivity index (χ2v) is 6.15. The second kappa shape index (κ2) is 8.23. The number of carbonyl (C=O) groups excluding carboxylic acids is 1. The van der Waals surface area contributed by atoms with Crippen molar-refractivity contribution in [3.63, 3.8) is 0 Å². The van der Waals surface area contributed by atoms with E-state index in [2.05, 4.69) is 5.32 Å². The van der Waals surface area contributed by atoms with E-state index in [0.29, 0.717) is 15.8 Å². The quantitative estimate of drug-likeness (QED) is 0.799. The third-order valence-electron chi connectivity index (χ3n) is 3.48. The van der Waals surface area contributed by atoms with Crippen LogP contribution in [0.15, 0.2) is 42.5 Å². The van der Waals surface area contributed by atoms with Crippen LogP contribution in [0.2, 0.25) is 10.0 Å². The van der Waals surface area contributed by atoms with Crippen molar-refractivity contribution >= 4 is 29.1 Å². The molecule has 0 aliphatic heterocycles. The number of nitrogens with one attached hydrogen (secondary N) is 1. The maximum atomic E-state index is 12.1. The summed E-state index contributed by atoms with van der Waals surface area (Å²) in [6, 6.07) is 13.0. The first kappa shape index (κ1) is 17.6. The number of hydrogen-bond acceptors (Lipinski definition) is 2. The van der Waals surface area contributed by atoms with Gasteiger partial charge in [-0.05, 0) is 31.0 Å². The Bertz CT molecular complexity index is 671.